The lowest BCUT2D eigenvalue weighted by Gasteiger charge is -2.10. The van der Waals surface area contributed by atoms with E-state index in [1.54, 1.807) is 18.2 Å². The van der Waals surface area contributed by atoms with E-state index < -0.39 is 5.41 Å². The van der Waals surface area contributed by atoms with E-state index in [4.69, 9.17) is 21.0 Å². The maximum absolute atomic E-state index is 8.60. The fourth-order valence-electron chi connectivity index (χ4n) is 0.708. The first-order valence-corrected chi connectivity index (χ1v) is 3.31. The summed E-state index contributed by atoms with van der Waals surface area (Å²) in [6.07, 6.45) is 0.133. The van der Waals surface area contributed by atoms with Gasteiger partial charge < -0.3 is 0 Å². The van der Waals surface area contributed by atoms with Gasteiger partial charge in [0.1, 0.15) is 0 Å². The molecule has 0 radical (unpaired) electrons. The van der Waals surface area contributed by atoms with Crippen LogP contribution in [0.3, 0.4) is 0 Å². The molecule has 0 aromatic carbocycles. The molecule has 0 spiro atoms. The van der Waals surface area contributed by atoms with Crippen LogP contribution in [0.1, 0.15) is 19.3 Å². The minimum Gasteiger partial charge on any atom is -0.198 e. The summed E-state index contributed by atoms with van der Waals surface area (Å²) < 4.78 is 0. The van der Waals surface area contributed by atoms with E-state index in [1.165, 1.54) is 0 Å². The molecule has 0 unspecified atom stereocenters. The third kappa shape index (κ3) is 2.30. The zero-order valence-electron chi connectivity index (χ0n) is 6.41. The van der Waals surface area contributed by atoms with Gasteiger partial charge >= 0.3 is 0 Å². The van der Waals surface area contributed by atoms with Crippen molar-refractivity contribution < 1.29 is 0 Å². The summed E-state index contributed by atoms with van der Waals surface area (Å²) in [5.41, 5.74) is -1.29. The van der Waals surface area contributed by atoms with Crippen molar-refractivity contribution in [2.75, 3.05) is 0 Å². The molecule has 0 saturated carbocycles. The Hall–Kier alpha value is -2.04. The van der Waals surface area contributed by atoms with Crippen molar-refractivity contribution in [2.24, 2.45) is 5.41 Å². The fourth-order valence-corrected chi connectivity index (χ4v) is 0.708. The first kappa shape index (κ1) is 9.96. The highest BCUT2D eigenvalue weighted by Crippen LogP contribution is 2.25. The van der Waals surface area contributed by atoms with E-state index in [9.17, 15) is 0 Å². The average molecular weight is 158 g/mol. The molecule has 58 valence electrons. The van der Waals surface area contributed by atoms with Gasteiger partial charge in [0.15, 0.2) is 5.41 Å². The van der Waals surface area contributed by atoms with Crippen LogP contribution in [0.25, 0.3) is 0 Å². The predicted molar refractivity (Wildman–Crippen MR) is 38.7 cm³/mol. The van der Waals surface area contributed by atoms with Gasteiger partial charge in [0, 0.05) is 6.42 Å². The Balaban J connectivity index is 4.46. The number of rotatable bonds is 3. The maximum atomic E-state index is 8.60. The first-order chi connectivity index (χ1) is 5.74. The Morgan fingerprint density at radius 3 is 1.83 bits per heavy atom. The lowest BCUT2D eigenvalue weighted by molar-refractivity contribution is 0.495. The van der Waals surface area contributed by atoms with Crippen molar-refractivity contribution in [3.05, 3.63) is 0 Å². The molecule has 0 fully saturated rings. The van der Waals surface area contributed by atoms with Gasteiger partial charge in [-0.1, -0.05) is 0 Å². The first-order valence-electron chi connectivity index (χ1n) is 3.31. The average Bonchev–Trinajstić information content (AvgIpc) is 2.13. The van der Waals surface area contributed by atoms with Gasteiger partial charge in [-0.05, 0) is 6.42 Å². The molecule has 0 atom stereocenters. The van der Waals surface area contributed by atoms with Crippen molar-refractivity contribution in [1.82, 2.24) is 0 Å². The quantitative estimate of drug-likeness (QED) is 0.617. The lowest BCUT2D eigenvalue weighted by atomic mass is 9.84. The van der Waals surface area contributed by atoms with Gasteiger partial charge in [0.2, 0.25) is 0 Å². The third-order valence-electron chi connectivity index (χ3n) is 1.47. The second kappa shape index (κ2) is 4.73. The van der Waals surface area contributed by atoms with Crippen LogP contribution in [0.4, 0.5) is 0 Å². The van der Waals surface area contributed by atoms with Gasteiger partial charge in [-0.3, -0.25) is 0 Å². The SMILES string of the molecule is N#CCCC(C#N)(C#N)CC#N. The highest BCUT2D eigenvalue weighted by atomic mass is 14.4. The third-order valence-corrected chi connectivity index (χ3v) is 1.47. The zero-order chi connectivity index (χ0) is 9.45. The van der Waals surface area contributed by atoms with Gasteiger partial charge in [-0.15, -0.1) is 0 Å². The molecule has 0 heterocycles. The second-order valence-corrected chi connectivity index (χ2v) is 2.30. The summed E-state index contributed by atoms with van der Waals surface area (Å²) in [7, 11) is 0. The van der Waals surface area contributed by atoms with Crippen molar-refractivity contribution in [3.8, 4) is 24.3 Å². The molecule has 4 heteroatoms. The van der Waals surface area contributed by atoms with Crippen molar-refractivity contribution in [2.45, 2.75) is 19.3 Å². The van der Waals surface area contributed by atoms with E-state index >= 15 is 0 Å². The van der Waals surface area contributed by atoms with E-state index in [0.29, 0.717) is 0 Å². The molecule has 12 heavy (non-hydrogen) atoms. The van der Waals surface area contributed by atoms with Gasteiger partial charge in [-0.25, -0.2) is 0 Å². The van der Waals surface area contributed by atoms with Gasteiger partial charge in [0.25, 0.3) is 0 Å². The molecule has 0 aliphatic rings. The molecule has 0 N–H and O–H groups in total. The highest BCUT2D eigenvalue weighted by Gasteiger charge is 2.29. The molecule has 0 aliphatic carbocycles. The monoisotopic (exact) mass is 158 g/mol. The molecular formula is C8H6N4. The molecular weight excluding hydrogens is 152 g/mol. The van der Waals surface area contributed by atoms with Crippen LogP contribution in [-0.2, 0) is 0 Å². The molecule has 4 nitrogen and oxygen atoms in total. The highest BCUT2D eigenvalue weighted by molar-refractivity contribution is 5.17. The summed E-state index contributed by atoms with van der Waals surface area (Å²) in [4.78, 5) is 0. The minimum atomic E-state index is -1.29. The van der Waals surface area contributed by atoms with Crippen LogP contribution in [-0.4, -0.2) is 0 Å². The number of nitrogens with zero attached hydrogens (tertiary/aromatic N) is 4. The zero-order valence-corrected chi connectivity index (χ0v) is 6.41. The summed E-state index contributed by atoms with van der Waals surface area (Å²) in [5, 5.41) is 33.8. The Bertz CT molecular complexity index is 290. The summed E-state index contributed by atoms with van der Waals surface area (Å²) in [5.74, 6) is 0. The summed E-state index contributed by atoms with van der Waals surface area (Å²) in [6.45, 7) is 0. The van der Waals surface area contributed by atoms with E-state index in [-0.39, 0.29) is 19.3 Å². The van der Waals surface area contributed by atoms with Crippen LogP contribution >= 0.6 is 0 Å². The van der Waals surface area contributed by atoms with Crippen LogP contribution in [0.5, 0.6) is 0 Å². The van der Waals surface area contributed by atoms with Gasteiger partial charge in [0.05, 0.1) is 30.7 Å². The van der Waals surface area contributed by atoms with Crippen LogP contribution in [0.15, 0.2) is 0 Å². The molecule has 0 aliphatic heterocycles. The van der Waals surface area contributed by atoms with Crippen molar-refractivity contribution in [3.63, 3.8) is 0 Å². The summed E-state index contributed by atoms with van der Waals surface area (Å²) in [6, 6.07) is 7.14. The van der Waals surface area contributed by atoms with Crippen molar-refractivity contribution >= 4 is 0 Å². The molecule has 0 aromatic heterocycles. The largest absolute Gasteiger partial charge is 0.198 e. The fraction of sp³-hybridized carbons (Fsp3) is 0.500. The lowest BCUT2D eigenvalue weighted by Crippen LogP contribution is -2.14. The number of hydrogen-bond acceptors (Lipinski definition) is 4. The van der Waals surface area contributed by atoms with Crippen LogP contribution in [0.2, 0.25) is 0 Å². The van der Waals surface area contributed by atoms with E-state index in [0.717, 1.165) is 0 Å². The smallest absolute Gasteiger partial charge is 0.157 e. The maximum Gasteiger partial charge on any atom is 0.157 e. The standard InChI is InChI=1S/C8H6N4/c9-4-1-2-8(6-11,7-12)3-5-10/h1-3H2. The Morgan fingerprint density at radius 2 is 1.50 bits per heavy atom. The van der Waals surface area contributed by atoms with Crippen molar-refractivity contribution in [1.29, 1.82) is 21.0 Å². The van der Waals surface area contributed by atoms with Crippen LogP contribution < -0.4 is 0 Å². The Kier molecular flexibility index (Phi) is 3.92. The molecule has 0 aromatic rings. The topological polar surface area (TPSA) is 95.2 Å². The van der Waals surface area contributed by atoms with Crippen LogP contribution in [0, 0.1) is 50.7 Å². The minimum absolute atomic E-state index is 0.128. The molecule has 0 rings (SSSR count). The number of nitriles is 4. The molecule has 0 bridgehead atoms. The number of hydrogen-bond donors (Lipinski definition) is 0. The Morgan fingerprint density at radius 1 is 0.917 bits per heavy atom. The molecule has 0 amide bonds. The summed E-state index contributed by atoms with van der Waals surface area (Å²) >= 11 is 0. The van der Waals surface area contributed by atoms with E-state index in [2.05, 4.69) is 0 Å². The van der Waals surface area contributed by atoms with Gasteiger partial charge in [-0.2, -0.15) is 21.0 Å². The predicted octanol–water partition coefficient (Wildman–Crippen LogP) is 1.24. The normalized spacial score (nSPS) is 8.67. The second-order valence-electron chi connectivity index (χ2n) is 2.30. The van der Waals surface area contributed by atoms with E-state index in [1.807, 2.05) is 6.07 Å². The molecule has 0 saturated heterocycles. The Labute approximate surface area is 70.9 Å².